The molecule has 2 aromatic rings. The Hall–Kier alpha value is -2.82. The summed E-state index contributed by atoms with van der Waals surface area (Å²) < 4.78 is 5.11. The fraction of sp³-hybridized carbons (Fsp3) is 0.364. The Bertz CT molecular complexity index is 754. The molecule has 27 heavy (non-hydrogen) atoms. The second kappa shape index (κ2) is 9.21. The van der Waals surface area contributed by atoms with Crippen LogP contribution in [-0.2, 0) is 21.5 Å². The molecule has 0 atom stereocenters. The van der Waals surface area contributed by atoms with E-state index in [0.29, 0.717) is 18.7 Å². The van der Waals surface area contributed by atoms with Crippen LogP contribution in [0.1, 0.15) is 37.8 Å². The first-order valence-electron chi connectivity index (χ1n) is 9.01. The zero-order valence-electron chi connectivity index (χ0n) is 16.1. The van der Waals surface area contributed by atoms with Crippen LogP contribution in [0.2, 0.25) is 0 Å². The standard InChI is InChI=1S/C22H27NO4/c1-22(2,18-7-5-4-6-8-18)14-13-20(24)23(3)15-17-9-11-19(12-10-17)27-16-21(25)26/h4-12H,13-16H2,1-3H3,(H,25,26). The number of carbonyl (C=O) groups excluding carboxylic acids is 1. The van der Waals surface area contributed by atoms with Crippen LogP contribution in [0.4, 0.5) is 0 Å². The minimum absolute atomic E-state index is 0.0547. The molecule has 0 fully saturated rings. The molecular weight excluding hydrogens is 342 g/mol. The Morgan fingerprint density at radius 2 is 1.67 bits per heavy atom. The van der Waals surface area contributed by atoms with E-state index in [2.05, 4.69) is 26.0 Å². The highest BCUT2D eigenvalue weighted by Crippen LogP contribution is 2.28. The third-order valence-electron chi connectivity index (χ3n) is 4.65. The highest BCUT2D eigenvalue weighted by Gasteiger charge is 2.22. The van der Waals surface area contributed by atoms with Gasteiger partial charge < -0.3 is 14.7 Å². The number of ether oxygens (including phenoxy) is 1. The number of carbonyl (C=O) groups is 2. The molecule has 0 unspecified atom stereocenters. The molecule has 0 aliphatic carbocycles. The summed E-state index contributed by atoms with van der Waals surface area (Å²) in [6, 6.07) is 17.4. The van der Waals surface area contributed by atoms with E-state index >= 15 is 0 Å². The minimum atomic E-state index is -1.01. The largest absolute Gasteiger partial charge is 0.482 e. The van der Waals surface area contributed by atoms with Gasteiger partial charge in [0, 0.05) is 20.0 Å². The van der Waals surface area contributed by atoms with E-state index in [1.807, 2.05) is 30.3 Å². The van der Waals surface area contributed by atoms with Gasteiger partial charge in [-0.05, 0) is 35.1 Å². The number of aliphatic carboxylic acids is 1. The Balaban J connectivity index is 1.85. The van der Waals surface area contributed by atoms with Crippen molar-refractivity contribution in [3.05, 3.63) is 65.7 Å². The first kappa shape index (κ1) is 20.5. The number of hydrogen-bond donors (Lipinski definition) is 1. The average Bonchev–Trinajstić information content (AvgIpc) is 2.66. The lowest BCUT2D eigenvalue weighted by molar-refractivity contribution is -0.139. The number of hydrogen-bond acceptors (Lipinski definition) is 3. The Morgan fingerprint density at radius 1 is 1.04 bits per heavy atom. The second-order valence-electron chi connectivity index (χ2n) is 7.33. The van der Waals surface area contributed by atoms with Gasteiger partial charge in [0.2, 0.25) is 5.91 Å². The van der Waals surface area contributed by atoms with Crippen LogP contribution in [0.15, 0.2) is 54.6 Å². The van der Waals surface area contributed by atoms with E-state index < -0.39 is 5.97 Å². The van der Waals surface area contributed by atoms with Crippen molar-refractivity contribution >= 4 is 11.9 Å². The molecule has 144 valence electrons. The molecule has 0 aliphatic heterocycles. The van der Waals surface area contributed by atoms with Crippen LogP contribution in [0.3, 0.4) is 0 Å². The summed E-state index contributed by atoms with van der Waals surface area (Å²) in [6.07, 6.45) is 1.26. The van der Waals surface area contributed by atoms with Crippen molar-refractivity contribution in [3.63, 3.8) is 0 Å². The topological polar surface area (TPSA) is 66.8 Å². The molecule has 0 heterocycles. The molecule has 0 aromatic heterocycles. The van der Waals surface area contributed by atoms with Gasteiger partial charge in [-0.2, -0.15) is 0 Å². The molecule has 5 heteroatoms. The van der Waals surface area contributed by atoms with Crippen LogP contribution in [-0.4, -0.2) is 35.5 Å². The number of nitrogens with zero attached hydrogens (tertiary/aromatic N) is 1. The molecule has 1 amide bonds. The summed E-state index contributed by atoms with van der Waals surface area (Å²) in [5, 5.41) is 8.62. The number of carboxylic acids is 1. The molecule has 0 saturated carbocycles. The zero-order chi connectivity index (χ0) is 19.9. The number of carboxylic acid groups (broad SMARTS) is 1. The Labute approximate surface area is 160 Å². The summed E-state index contributed by atoms with van der Waals surface area (Å²) >= 11 is 0. The Morgan fingerprint density at radius 3 is 2.26 bits per heavy atom. The van der Waals surface area contributed by atoms with Crippen LogP contribution in [0.25, 0.3) is 0 Å². The predicted octanol–water partition coefficient (Wildman–Crippen LogP) is 3.87. The van der Waals surface area contributed by atoms with Gasteiger partial charge in [0.1, 0.15) is 5.75 Å². The second-order valence-corrected chi connectivity index (χ2v) is 7.33. The molecule has 2 aromatic carbocycles. The fourth-order valence-electron chi connectivity index (χ4n) is 2.84. The molecule has 0 spiro atoms. The number of rotatable bonds is 9. The maximum Gasteiger partial charge on any atom is 0.341 e. The zero-order valence-corrected chi connectivity index (χ0v) is 16.1. The first-order chi connectivity index (χ1) is 12.8. The highest BCUT2D eigenvalue weighted by atomic mass is 16.5. The van der Waals surface area contributed by atoms with Gasteiger partial charge in [0.15, 0.2) is 6.61 Å². The molecule has 0 aliphatic rings. The Kier molecular flexibility index (Phi) is 6.99. The monoisotopic (exact) mass is 369 g/mol. The van der Waals surface area contributed by atoms with Crippen molar-refractivity contribution in [3.8, 4) is 5.75 Å². The maximum absolute atomic E-state index is 12.5. The molecule has 2 rings (SSSR count). The first-order valence-corrected chi connectivity index (χ1v) is 9.01. The van der Waals surface area contributed by atoms with E-state index in [1.54, 1.807) is 24.1 Å². The van der Waals surface area contributed by atoms with Gasteiger partial charge in [0.25, 0.3) is 0 Å². The molecular formula is C22H27NO4. The van der Waals surface area contributed by atoms with Gasteiger partial charge in [-0.3, -0.25) is 4.79 Å². The summed E-state index contributed by atoms with van der Waals surface area (Å²) in [5.41, 5.74) is 2.15. The van der Waals surface area contributed by atoms with Crippen molar-refractivity contribution < 1.29 is 19.4 Å². The van der Waals surface area contributed by atoms with E-state index in [0.717, 1.165) is 12.0 Å². The lowest BCUT2D eigenvalue weighted by Crippen LogP contribution is -2.28. The van der Waals surface area contributed by atoms with Crippen LogP contribution < -0.4 is 4.74 Å². The van der Waals surface area contributed by atoms with Crippen molar-refractivity contribution in [2.75, 3.05) is 13.7 Å². The number of benzene rings is 2. The number of amides is 1. The van der Waals surface area contributed by atoms with Gasteiger partial charge >= 0.3 is 5.97 Å². The summed E-state index contributed by atoms with van der Waals surface area (Å²) in [5.74, 6) is -0.409. The summed E-state index contributed by atoms with van der Waals surface area (Å²) in [6.45, 7) is 4.45. The van der Waals surface area contributed by atoms with E-state index in [9.17, 15) is 9.59 Å². The van der Waals surface area contributed by atoms with Crippen LogP contribution in [0, 0.1) is 0 Å². The van der Waals surface area contributed by atoms with Gasteiger partial charge in [0.05, 0.1) is 0 Å². The lowest BCUT2D eigenvalue weighted by Gasteiger charge is -2.26. The predicted molar refractivity (Wildman–Crippen MR) is 105 cm³/mol. The molecule has 0 radical (unpaired) electrons. The van der Waals surface area contributed by atoms with Crippen molar-refractivity contribution in [1.82, 2.24) is 4.90 Å². The quantitative estimate of drug-likeness (QED) is 0.729. The van der Waals surface area contributed by atoms with Crippen LogP contribution in [0.5, 0.6) is 5.75 Å². The van der Waals surface area contributed by atoms with Gasteiger partial charge in [-0.25, -0.2) is 4.79 Å². The fourth-order valence-corrected chi connectivity index (χ4v) is 2.84. The smallest absolute Gasteiger partial charge is 0.341 e. The summed E-state index contributed by atoms with van der Waals surface area (Å²) in [4.78, 5) is 24.7. The third kappa shape index (κ3) is 6.44. The van der Waals surface area contributed by atoms with Gasteiger partial charge in [-0.15, -0.1) is 0 Å². The van der Waals surface area contributed by atoms with E-state index in [-0.39, 0.29) is 17.9 Å². The van der Waals surface area contributed by atoms with E-state index in [1.165, 1.54) is 5.56 Å². The molecule has 0 saturated heterocycles. The normalized spacial score (nSPS) is 11.1. The van der Waals surface area contributed by atoms with Crippen molar-refractivity contribution in [2.24, 2.45) is 0 Å². The van der Waals surface area contributed by atoms with Gasteiger partial charge in [-0.1, -0.05) is 56.3 Å². The summed E-state index contributed by atoms with van der Waals surface area (Å²) in [7, 11) is 1.80. The van der Waals surface area contributed by atoms with Crippen molar-refractivity contribution in [2.45, 2.75) is 38.6 Å². The van der Waals surface area contributed by atoms with E-state index in [4.69, 9.17) is 9.84 Å². The third-order valence-corrected chi connectivity index (χ3v) is 4.65. The average molecular weight is 369 g/mol. The maximum atomic E-state index is 12.5. The highest BCUT2D eigenvalue weighted by molar-refractivity contribution is 5.76. The van der Waals surface area contributed by atoms with Crippen LogP contribution >= 0.6 is 0 Å². The molecule has 5 nitrogen and oxygen atoms in total. The lowest BCUT2D eigenvalue weighted by atomic mass is 9.80. The van der Waals surface area contributed by atoms with Crippen molar-refractivity contribution in [1.29, 1.82) is 0 Å². The molecule has 0 bridgehead atoms. The minimum Gasteiger partial charge on any atom is -0.482 e. The molecule has 1 N–H and O–H groups in total. The SMILES string of the molecule is CN(Cc1ccc(OCC(=O)O)cc1)C(=O)CCC(C)(C)c1ccccc1.